The maximum atomic E-state index is 10.3. The number of phenols is 5. The number of phenolic OH excluding ortho intramolecular Hbond substituents is 5. The Bertz CT molecular complexity index is 1170. The first-order valence-corrected chi connectivity index (χ1v) is 9.66. The fourth-order valence-electron chi connectivity index (χ4n) is 3.50. The van der Waals surface area contributed by atoms with Crippen molar-refractivity contribution in [2.45, 2.75) is 30.7 Å². The van der Waals surface area contributed by atoms with E-state index in [0.29, 0.717) is 0 Å². The highest BCUT2D eigenvalue weighted by Crippen LogP contribution is 2.44. The van der Waals surface area contributed by atoms with Gasteiger partial charge < -0.3 is 55.4 Å². The Balaban J connectivity index is 1.86. The lowest BCUT2D eigenvalue weighted by Crippen LogP contribution is -2.60. The Kier molecular flexibility index (Phi) is 5.78. The molecular formula is C21H21O12+. The Morgan fingerprint density at radius 3 is 2.12 bits per heavy atom. The second-order valence-corrected chi connectivity index (χ2v) is 7.49. The minimum absolute atomic E-state index is 0.0212. The second kappa shape index (κ2) is 8.42. The van der Waals surface area contributed by atoms with E-state index < -0.39 is 60.3 Å². The summed E-state index contributed by atoms with van der Waals surface area (Å²) in [6.07, 6.45) is -7.99. The molecule has 2 heterocycles. The number of aliphatic hydroxyl groups is 4. The van der Waals surface area contributed by atoms with Crippen LogP contribution in [0.4, 0.5) is 0 Å². The number of hydrogen-bond acceptors (Lipinski definition) is 11. The lowest BCUT2D eigenvalue weighted by atomic mass is 9.99. The number of fused-ring (bicyclic) bond motifs is 1. The molecule has 1 fully saturated rings. The average molecular weight is 465 g/mol. The zero-order valence-electron chi connectivity index (χ0n) is 16.7. The van der Waals surface area contributed by atoms with Gasteiger partial charge in [-0.1, -0.05) is 0 Å². The van der Waals surface area contributed by atoms with Gasteiger partial charge in [-0.2, -0.15) is 0 Å². The van der Waals surface area contributed by atoms with Crippen LogP contribution >= 0.6 is 0 Å². The van der Waals surface area contributed by atoms with E-state index in [0.717, 1.165) is 18.2 Å². The molecule has 0 radical (unpaired) electrons. The first-order valence-electron chi connectivity index (χ1n) is 9.66. The molecule has 12 nitrogen and oxygen atoms in total. The van der Waals surface area contributed by atoms with E-state index in [1.54, 1.807) is 0 Å². The zero-order chi connectivity index (χ0) is 24.0. The van der Waals surface area contributed by atoms with Gasteiger partial charge in [0.2, 0.25) is 12.0 Å². The third-order valence-corrected chi connectivity index (χ3v) is 5.24. The molecule has 0 amide bonds. The fraction of sp³-hybridized carbons (Fsp3) is 0.286. The van der Waals surface area contributed by atoms with Gasteiger partial charge in [0.25, 0.3) is 0 Å². The van der Waals surface area contributed by atoms with Crippen molar-refractivity contribution in [2.75, 3.05) is 6.61 Å². The van der Waals surface area contributed by atoms with Gasteiger partial charge in [-0.25, -0.2) is 4.42 Å². The van der Waals surface area contributed by atoms with E-state index in [2.05, 4.69) is 0 Å². The van der Waals surface area contributed by atoms with Gasteiger partial charge in [-0.05, 0) is 0 Å². The van der Waals surface area contributed by atoms with E-state index >= 15 is 0 Å². The third kappa shape index (κ3) is 4.01. The molecule has 9 N–H and O–H groups in total. The summed E-state index contributed by atoms with van der Waals surface area (Å²) in [5, 5.41) is 89.2. The molecule has 1 saturated heterocycles. The van der Waals surface area contributed by atoms with Crippen LogP contribution in [-0.4, -0.2) is 83.3 Å². The molecule has 1 aliphatic rings. The number of ether oxygens (including phenoxy) is 2. The van der Waals surface area contributed by atoms with Crippen LogP contribution in [-0.2, 0) is 4.74 Å². The molecule has 12 heteroatoms. The number of benzene rings is 2. The summed E-state index contributed by atoms with van der Waals surface area (Å²) >= 11 is 0. The quantitative estimate of drug-likeness (QED) is 0.185. The molecule has 5 atom stereocenters. The summed E-state index contributed by atoms with van der Waals surface area (Å²) in [4.78, 5) is 0. The highest BCUT2D eigenvalue weighted by molar-refractivity contribution is 5.88. The first kappa shape index (κ1) is 22.6. The van der Waals surface area contributed by atoms with Crippen LogP contribution in [0.3, 0.4) is 0 Å². The van der Waals surface area contributed by atoms with Crippen LogP contribution in [0.15, 0.2) is 34.7 Å². The van der Waals surface area contributed by atoms with E-state index in [1.807, 2.05) is 0 Å². The van der Waals surface area contributed by atoms with Crippen molar-refractivity contribution in [3.8, 4) is 45.8 Å². The normalized spacial score (nSPS) is 25.3. The molecule has 0 bridgehead atoms. The van der Waals surface area contributed by atoms with Gasteiger partial charge in [0.1, 0.15) is 41.3 Å². The number of hydrogen-bond donors (Lipinski definition) is 9. The smallest absolute Gasteiger partial charge is 0.402 e. The number of aliphatic hydroxyl groups excluding tert-OH is 4. The number of rotatable bonds is 4. The van der Waals surface area contributed by atoms with Crippen LogP contribution in [0.5, 0.6) is 34.5 Å². The first-order chi connectivity index (χ1) is 15.6. The summed E-state index contributed by atoms with van der Waals surface area (Å²) in [5.41, 5.74) is -0.0529. The standard InChI is InChI=1S/C21H20O12/c22-6-15-17(28)18(29)19(30)21(33-15)32-14-5-9-10(24)3-8(23)4-13(9)31-20(14)7-1-11(25)16(27)12(26)2-7/h1-5,15,17-19,21-22,28-30H,6H2,(H4-,23,24,25,26,27)/p+1. The molecule has 33 heavy (non-hydrogen) atoms. The van der Waals surface area contributed by atoms with Crippen LogP contribution < -0.4 is 4.74 Å². The van der Waals surface area contributed by atoms with Crippen molar-refractivity contribution in [1.29, 1.82) is 0 Å². The molecule has 2 aromatic carbocycles. The van der Waals surface area contributed by atoms with Crippen LogP contribution in [0.2, 0.25) is 0 Å². The summed E-state index contributed by atoms with van der Waals surface area (Å²) in [5.74, 6) is -3.32. The van der Waals surface area contributed by atoms with Crippen LogP contribution in [0.25, 0.3) is 22.3 Å². The van der Waals surface area contributed by atoms with E-state index in [9.17, 15) is 46.0 Å². The summed E-state index contributed by atoms with van der Waals surface area (Å²) in [7, 11) is 0. The lowest BCUT2D eigenvalue weighted by molar-refractivity contribution is -0.277. The van der Waals surface area contributed by atoms with Crippen molar-refractivity contribution >= 4 is 11.0 Å². The predicted octanol–water partition coefficient (Wildman–Crippen LogP) is 0.0876. The monoisotopic (exact) mass is 465 g/mol. The average Bonchev–Trinajstić information content (AvgIpc) is 2.77. The molecular weight excluding hydrogens is 444 g/mol. The summed E-state index contributed by atoms with van der Waals surface area (Å²) in [6, 6.07) is 5.51. The highest BCUT2D eigenvalue weighted by Gasteiger charge is 2.45. The molecule has 0 saturated carbocycles. The maximum absolute atomic E-state index is 10.3. The Labute approximate surface area is 185 Å². The molecule has 0 aliphatic carbocycles. The summed E-state index contributed by atoms with van der Waals surface area (Å²) < 4.78 is 16.7. The largest absolute Gasteiger partial charge is 0.507 e. The van der Waals surface area contributed by atoms with Crippen LogP contribution in [0, 0.1) is 0 Å². The van der Waals surface area contributed by atoms with Crippen molar-refractivity contribution in [2.24, 2.45) is 0 Å². The van der Waals surface area contributed by atoms with E-state index in [4.69, 9.17) is 13.9 Å². The van der Waals surface area contributed by atoms with Gasteiger partial charge in [-0.15, -0.1) is 0 Å². The summed E-state index contributed by atoms with van der Waals surface area (Å²) in [6.45, 7) is -0.695. The second-order valence-electron chi connectivity index (χ2n) is 7.49. The van der Waals surface area contributed by atoms with Crippen molar-refractivity contribution < 1.29 is 59.8 Å². The molecule has 3 aromatic rings. The Morgan fingerprint density at radius 2 is 1.48 bits per heavy atom. The van der Waals surface area contributed by atoms with Crippen molar-refractivity contribution in [3.63, 3.8) is 0 Å². The lowest BCUT2D eigenvalue weighted by Gasteiger charge is -2.39. The topological polar surface area (TPSA) is 212 Å². The van der Waals surface area contributed by atoms with Crippen LogP contribution in [0.1, 0.15) is 0 Å². The van der Waals surface area contributed by atoms with Crippen molar-refractivity contribution in [1.82, 2.24) is 0 Å². The molecule has 176 valence electrons. The van der Waals surface area contributed by atoms with Gasteiger partial charge in [0, 0.05) is 24.3 Å². The van der Waals surface area contributed by atoms with Gasteiger partial charge in [0.15, 0.2) is 17.2 Å². The molecule has 4 rings (SSSR count). The zero-order valence-corrected chi connectivity index (χ0v) is 16.7. The van der Waals surface area contributed by atoms with E-state index in [1.165, 1.54) is 12.1 Å². The predicted molar refractivity (Wildman–Crippen MR) is 109 cm³/mol. The highest BCUT2D eigenvalue weighted by atomic mass is 16.7. The Morgan fingerprint density at radius 1 is 0.818 bits per heavy atom. The van der Waals surface area contributed by atoms with Gasteiger partial charge >= 0.3 is 11.3 Å². The van der Waals surface area contributed by atoms with Gasteiger partial charge in [-0.3, -0.25) is 0 Å². The Hall–Kier alpha value is -3.55. The van der Waals surface area contributed by atoms with Crippen molar-refractivity contribution in [3.05, 3.63) is 30.3 Å². The SMILES string of the molecule is OCC1OC(Oc2cc3c(O)cc(O)cc3[o+]c2-c2cc(O)c(O)c(O)c2)C(O)C(O)C1O. The van der Waals surface area contributed by atoms with Gasteiger partial charge in [0.05, 0.1) is 18.2 Å². The number of aromatic hydroxyl groups is 5. The molecule has 1 aliphatic heterocycles. The minimum Gasteiger partial charge on any atom is -0.507 e. The minimum atomic E-state index is -1.76. The van der Waals surface area contributed by atoms with E-state index in [-0.39, 0.29) is 33.8 Å². The molecule has 1 aromatic heterocycles. The molecule has 0 spiro atoms. The maximum Gasteiger partial charge on any atom is 0.402 e. The fourth-order valence-corrected chi connectivity index (χ4v) is 3.50. The molecule has 5 unspecified atom stereocenters. The third-order valence-electron chi connectivity index (χ3n) is 5.24.